The number of hydrogen-bond donors (Lipinski definition) is 1. The van der Waals surface area contributed by atoms with Crippen LogP contribution in [0.3, 0.4) is 0 Å². The molecule has 2 unspecified atom stereocenters. The minimum Gasteiger partial charge on any atom is -0.339 e. The third-order valence-electron chi connectivity index (χ3n) is 3.26. The summed E-state index contributed by atoms with van der Waals surface area (Å²) in [5.41, 5.74) is 1.82. The lowest BCUT2D eigenvalue weighted by atomic mass is 10.0. The van der Waals surface area contributed by atoms with Crippen molar-refractivity contribution in [3.05, 3.63) is 29.8 Å². The molecular formula is C13H18N4O. The summed E-state index contributed by atoms with van der Waals surface area (Å²) in [5, 5.41) is 7.19. The van der Waals surface area contributed by atoms with E-state index in [1.165, 1.54) is 0 Å². The first kappa shape index (κ1) is 12.7. The Labute approximate surface area is 107 Å². The van der Waals surface area contributed by atoms with Gasteiger partial charge in [-0.25, -0.2) is 0 Å². The molecule has 0 aliphatic carbocycles. The smallest absolute Gasteiger partial charge is 0.231 e. The minimum absolute atomic E-state index is 0.167. The fraction of sp³-hybridized carbons (Fsp3) is 0.462. The van der Waals surface area contributed by atoms with Crippen molar-refractivity contribution in [2.24, 2.45) is 0 Å². The summed E-state index contributed by atoms with van der Waals surface area (Å²) >= 11 is 0. The third kappa shape index (κ3) is 2.41. The number of rotatable bonds is 4. The molecule has 2 aromatic heterocycles. The number of likely N-dealkylation sites (N-methyl/N-ethyl adjacent to an activating group) is 1. The van der Waals surface area contributed by atoms with Gasteiger partial charge in [-0.15, -0.1) is 0 Å². The molecule has 0 bridgehead atoms. The molecule has 2 rings (SSSR count). The van der Waals surface area contributed by atoms with Gasteiger partial charge in [-0.2, -0.15) is 4.98 Å². The van der Waals surface area contributed by atoms with Crippen molar-refractivity contribution >= 4 is 0 Å². The molecule has 0 aromatic carbocycles. The molecule has 0 amide bonds. The molecule has 2 heterocycles. The average molecular weight is 246 g/mol. The zero-order valence-corrected chi connectivity index (χ0v) is 11.1. The van der Waals surface area contributed by atoms with Gasteiger partial charge in [0.05, 0.1) is 5.92 Å². The van der Waals surface area contributed by atoms with Crippen LogP contribution in [0.2, 0.25) is 0 Å². The molecule has 0 aliphatic rings. The molecule has 18 heavy (non-hydrogen) atoms. The Bertz CT molecular complexity index is 523. The molecule has 0 fully saturated rings. The minimum atomic E-state index is 0.167. The zero-order valence-electron chi connectivity index (χ0n) is 11.1. The van der Waals surface area contributed by atoms with Crippen molar-refractivity contribution in [2.75, 3.05) is 7.05 Å². The Morgan fingerprint density at radius 1 is 1.33 bits per heavy atom. The first-order chi connectivity index (χ1) is 8.63. The maximum absolute atomic E-state index is 5.32. The van der Waals surface area contributed by atoms with Crippen molar-refractivity contribution in [1.82, 2.24) is 20.4 Å². The number of nitrogens with zero attached hydrogens (tertiary/aromatic N) is 3. The van der Waals surface area contributed by atoms with Crippen LogP contribution in [0.15, 0.2) is 22.9 Å². The van der Waals surface area contributed by atoms with E-state index in [0.717, 1.165) is 11.3 Å². The van der Waals surface area contributed by atoms with Gasteiger partial charge in [0, 0.05) is 12.2 Å². The second kappa shape index (κ2) is 5.27. The van der Waals surface area contributed by atoms with Crippen molar-refractivity contribution in [1.29, 1.82) is 0 Å². The van der Waals surface area contributed by atoms with Gasteiger partial charge < -0.3 is 9.84 Å². The first-order valence-corrected chi connectivity index (χ1v) is 6.06. The zero-order chi connectivity index (χ0) is 13.1. The molecule has 0 spiro atoms. The normalized spacial score (nSPS) is 14.4. The lowest BCUT2D eigenvalue weighted by Crippen LogP contribution is -2.27. The number of nitrogens with one attached hydrogen (secondary N) is 1. The molecule has 5 nitrogen and oxygen atoms in total. The van der Waals surface area contributed by atoms with Crippen LogP contribution in [0.1, 0.15) is 31.2 Å². The number of hydrogen-bond acceptors (Lipinski definition) is 5. The van der Waals surface area contributed by atoms with Gasteiger partial charge in [-0.1, -0.05) is 18.1 Å². The summed E-state index contributed by atoms with van der Waals surface area (Å²) in [4.78, 5) is 8.72. The largest absolute Gasteiger partial charge is 0.339 e. The number of pyridine rings is 1. The predicted octanol–water partition coefficient (Wildman–Crippen LogP) is 2.15. The monoisotopic (exact) mass is 246 g/mol. The summed E-state index contributed by atoms with van der Waals surface area (Å²) < 4.78 is 5.32. The summed E-state index contributed by atoms with van der Waals surface area (Å²) in [5.74, 6) is 1.36. The van der Waals surface area contributed by atoms with E-state index in [1.54, 1.807) is 6.20 Å². The van der Waals surface area contributed by atoms with E-state index in [0.29, 0.717) is 11.7 Å². The maximum atomic E-state index is 5.32. The average Bonchev–Trinajstić information content (AvgIpc) is 2.87. The lowest BCUT2D eigenvalue weighted by Gasteiger charge is -2.14. The van der Waals surface area contributed by atoms with Crippen LogP contribution in [0, 0.1) is 6.92 Å². The molecule has 1 N–H and O–H groups in total. The first-order valence-electron chi connectivity index (χ1n) is 6.06. The maximum Gasteiger partial charge on any atom is 0.231 e. The fourth-order valence-corrected chi connectivity index (χ4v) is 1.70. The molecular weight excluding hydrogens is 228 g/mol. The summed E-state index contributed by atoms with van der Waals surface area (Å²) in [6, 6.07) is 4.16. The summed E-state index contributed by atoms with van der Waals surface area (Å²) in [6.07, 6.45) is 1.73. The standard InChI is InChI=1S/C13H18N4O/c1-8-6-5-7-15-11(8)12-16-13(18-17-12)9(2)10(3)14-4/h5-7,9-10,14H,1-4H3. The van der Waals surface area contributed by atoms with E-state index >= 15 is 0 Å². The van der Waals surface area contributed by atoms with Gasteiger partial charge in [0.1, 0.15) is 5.69 Å². The fourth-order valence-electron chi connectivity index (χ4n) is 1.70. The number of aromatic nitrogens is 3. The predicted molar refractivity (Wildman–Crippen MR) is 69.2 cm³/mol. The van der Waals surface area contributed by atoms with E-state index in [-0.39, 0.29) is 12.0 Å². The van der Waals surface area contributed by atoms with Gasteiger partial charge in [0.15, 0.2) is 0 Å². The summed E-state index contributed by atoms with van der Waals surface area (Å²) in [6.45, 7) is 6.13. The van der Waals surface area contributed by atoms with Crippen LogP contribution in [-0.4, -0.2) is 28.2 Å². The highest BCUT2D eigenvalue weighted by Gasteiger charge is 2.20. The summed E-state index contributed by atoms with van der Waals surface area (Å²) in [7, 11) is 1.92. The second-order valence-electron chi connectivity index (χ2n) is 4.49. The van der Waals surface area contributed by atoms with Crippen molar-refractivity contribution in [3.63, 3.8) is 0 Å². The highest BCUT2D eigenvalue weighted by Crippen LogP contribution is 2.22. The molecule has 0 radical (unpaired) electrons. The molecule has 0 saturated heterocycles. The lowest BCUT2D eigenvalue weighted by molar-refractivity contribution is 0.336. The Balaban J connectivity index is 2.29. The SMILES string of the molecule is CNC(C)C(C)c1nc(-c2ncccc2C)no1. The quantitative estimate of drug-likeness (QED) is 0.895. The molecule has 2 aromatic rings. The molecule has 2 atom stereocenters. The molecule has 5 heteroatoms. The molecule has 0 saturated carbocycles. The van der Waals surface area contributed by atoms with Crippen molar-refractivity contribution < 1.29 is 4.52 Å². The molecule has 0 aliphatic heterocycles. The van der Waals surface area contributed by atoms with E-state index < -0.39 is 0 Å². The topological polar surface area (TPSA) is 63.8 Å². The third-order valence-corrected chi connectivity index (χ3v) is 3.26. The Hall–Kier alpha value is -1.75. The second-order valence-corrected chi connectivity index (χ2v) is 4.49. The van der Waals surface area contributed by atoms with Crippen LogP contribution in [0.25, 0.3) is 11.5 Å². The number of aryl methyl sites for hydroxylation is 1. The van der Waals surface area contributed by atoms with E-state index in [9.17, 15) is 0 Å². The van der Waals surface area contributed by atoms with Gasteiger partial charge >= 0.3 is 0 Å². The van der Waals surface area contributed by atoms with Crippen LogP contribution >= 0.6 is 0 Å². The van der Waals surface area contributed by atoms with Crippen LogP contribution in [0.4, 0.5) is 0 Å². The van der Waals surface area contributed by atoms with Gasteiger partial charge in [0.25, 0.3) is 0 Å². The van der Waals surface area contributed by atoms with Crippen LogP contribution in [-0.2, 0) is 0 Å². The Kier molecular flexibility index (Phi) is 3.72. The van der Waals surface area contributed by atoms with Gasteiger partial charge in [0.2, 0.25) is 11.7 Å². The highest BCUT2D eigenvalue weighted by molar-refractivity contribution is 5.53. The highest BCUT2D eigenvalue weighted by atomic mass is 16.5. The Morgan fingerprint density at radius 2 is 2.11 bits per heavy atom. The van der Waals surface area contributed by atoms with E-state index in [4.69, 9.17) is 4.52 Å². The van der Waals surface area contributed by atoms with Crippen molar-refractivity contribution in [3.8, 4) is 11.5 Å². The van der Waals surface area contributed by atoms with Gasteiger partial charge in [-0.3, -0.25) is 4.98 Å². The van der Waals surface area contributed by atoms with E-state index in [2.05, 4.69) is 34.3 Å². The molecule has 96 valence electrons. The Morgan fingerprint density at radius 3 is 2.78 bits per heavy atom. The van der Waals surface area contributed by atoms with Crippen LogP contribution in [0.5, 0.6) is 0 Å². The van der Waals surface area contributed by atoms with Crippen LogP contribution < -0.4 is 5.32 Å². The van der Waals surface area contributed by atoms with Gasteiger partial charge in [-0.05, 0) is 32.5 Å². The van der Waals surface area contributed by atoms with E-state index in [1.807, 2.05) is 26.1 Å². The van der Waals surface area contributed by atoms with Crippen molar-refractivity contribution in [2.45, 2.75) is 32.7 Å².